The van der Waals surface area contributed by atoms with Crippen molar-refractivity contribution in [1.82, 2.24) is 5.32 Å². The van der Waals surface area contributed by atoms with Crippen LogP contribution in [0.5, 0.6) is 0 Å². The lowest BCUT2D eigenvalue weighted by Crippen LogP contribution is -2.59. The van der Waals surface area contributed by atoms with Crippen molar-refractivity contribution in [1.29, 1.82) is 0 Å². The minimum absolute atomic E-state index is 0.0635. The third kappa shape index (κ3) is 2.86. The molecule has 1 aromatic carbocycles. The van der Waals surface area contributed by atoms with Gasteiger partial charge < -0.3 is 15.4 Å². The summed E-state index contributed by atoms with van der Waals surface area (Å²) in [6.07, 6.45) is 0. The highest BCUT2D eigenvalue weighted by Gasteiger charge is 2.33. The normalized spacial score (nSPS) is 17.1. The second-order valence-electron chi connectivity index (χ2n) is 4.82. The van der Waals surface area contributed by atoms with Crippen LogP contribution in [0.2, 0.25) is 0 Å². The molecule has 0 spiro atoms. The van der Waals surface area contributed by atoms with Gasteiger partial charge in [0, 0.05) is 13.1 Å². The second-order valence-corrected chi connectivity index (χ2v) is 4.82. The number of carbonyl (C=O) groups is 1. The number of para-hydroxylation sites is 1. The van der Waals surface area contributed by atoms with Crippen LogP contribution in [0.25, 0.3) is 0 Å². The van der Waals surface area contributed by atoms with E-state index in [2.05, 4.69) is 10.6 Å². The van der Waals surface area contributed by atoms with Crippen molar-refractivity contribution in [2.24, 2.45) is 0 Å². The predicted octanol–water partition coefficient (Wildman–Crippen LogP) is 1.45. The quantitative estimate of drug-likeness (QED) is 0.852. The summed E-state index contributed by atoms with van der Waals surface area (Å²) in [5.41, 5.74) is 0.643. The zero-order valence-corrected chi connectivity index (χ0v) is 10.5. The van der Waals surface area contributed by atoms with Gasteiger partial charge in [0.05, 0.1) is 11.3 Å². The highest BCUT2D eigenvalue weighted by Crippen LogP contribution is 2.19. The molecular weight excluding hydrogens is 235 g/mol. The summed E-state index contributed by atoms with van der Waals surface area (Å²) in [4.78, 5) is 11.7. The molecule has 0 radical (unpaired) electrons. The molecule has 1 fully saturated rings. The number of benzene rings is 1. The first-order valence-electron chi connectivity index (χ1n) is 5.90. The Kier molecular flexibility index (Phi) is 3.63. The zero-order valence-electron chi connectivity index (χ0n) is 10.5. The second kappa shape index (κ2) is 5.04. The first-order valence-corrected chi connectivity index (χ1v) is 5.90. The summed E-state index contributed by atoms with van der Waals surface area (Å²) in [6.45, 7) is 5.09. The molecule has 0 atom stereocenters. The monoisotopic (exact) mass is 252 g/mol. The molecule has 0 saturated carbocycles. The number of aryl methyl sites for hydroxylation is 1. The molecule has 1 amide bonds. The van der Waals surface area contributed by atoms with Gasteiger partial charge in [0.25, 0.3) is 0 Å². The van der Waals surface area contributed by atoms with Crippen molar-refractivity contribution in [3.63, 3.8) is 0 Å². The van der Waals surface area contributed by atoms with Gasteiger partial charge in [-0.3, -0.25) is 4.79 Å². The number of hydrogen-bond acceptors (Lipinski definition) is 3. The summed E-state index contributed by atoms with van der Waals surface area (Å²) in [7, 11) is 0. The summed E-state index contributed by atoms with van der Waals surface area (Å²) in [6, 6.07) is 4.68. The largest absolute Gasteiger partial charge is 0.363 e. The van der Waals surface area contributed by atoms with Crippen molar-refractivity contribution in [3.8, 4) is 0 Å². The number of halogens is 1. The Morgan fingerprint density at radius 3 is 2.83 bits per heavy atom. The molecule has 1 saturated heterocycles. The van der Waals surface area contributed by atoms with E-state index in [1.807, 2.05) is 6.92 Å². The third-order valence-electron chi connectivity index (χ3n) is 3.04. The lowest BCUT2D eigenvalue weighted by Gasteiger charge is -2.38. The highest BCUT2D eigenvalue weighted by molar-refractivity contribution is 5.92. The molecule has 2 N–H and O–H groups in total. The average Bonchev–Trinajstić information content (AvgIpc) is 2.29. The van der Waals surface area contributed by atoms with E-state index in [1.54, 1.807) is 19.1 Å². The molecule has 1 aromatic rings. The maximum atomic E-state index is 13.5. The number of anilines is 1. The number of rotatable bonds is 4. The maximum absolute atomic E-state index is 13.5. The highest BCUT2D eigenvalue weighted by atomic mass is 19.1. The molecule has 0 unspecified atom stereocenters. The molecule has 1 aliphatic heterocycles. The van der Waals surface area contributed by atoms with Crippen LogP contribution in [-0.2, 0) is 9.53 Å². The van der Waals surface area contributed by atoms with E-state index in [0.717, 1.165) is 13.1 Å². The number of nitrogens with one attached hydrogen (secondary N) is 2. The van der Waals surface area contributed by atoms with Crippen LogP contribution in [0.3, 0.4) is 0 Å². The van der Waals surface area contributed by atoms with Crippen molar-refractivity contribution in [3.05, 3.63) is 29.6 Å². The van der Waals surface area contributed by atoms with E-state index < -0.39 is 5.82 Å². The molecule has 0 bridgehead atoms. The molecule has 4 nitrogen and oxygen atoms in total. The number of ether oxygens (including phenoxy) is 1. The average molecular weight is 252 g/mol. The Morgan fingerprint density at radius 1 is 1.56 bits per heavy atom. The van der Waals surface area contributed by atoms with Gasteiger partial charge in [-0.2, -0.15) is 0 Å². The van der Waals surface area contributed by atoms with Crippen LogP contribution in [0.15, 0.2) is 18.2 Å². The summed E-state index contributed by atoms with van der Waals surface area (Å²) < 4.78 is 19.0. The van der Waals surface area contributed by atoms with Crippen molar-refractivity contribution in [2.75, 3.05) is 25.0 Å². The van der Waals surface area contributed by atoms with Crippen LogP contribution in [-0.4, -0.2) is 31.2 Å². The Bertz CT molecular complexity index is 438. The van der Waals surface area contributed by atoms with Gasteiger partial charge in [-0.15, -0.1) is 0 Å². The van der Waals surface area contributed by atoms with E-state index in [1.165, 1.54) is 6.07 Å². The van der Waals surface area contributed by atoms with Gasteiger partial charge in [-0.25, -0.2) is 4.39 Å². The minimum Gasteiger partial charge on any atom is -0.363 e. The van der Waals surface area contributed by atoms with Crippen LogP contribution in [0.4, 0.5) is 10.1 Å². The molecule has 98 valence electrons. The van der Waals surface area contributed by atoms with Gasteiger partial charge in [0.1, 0.15) is 12.4 Å². The Balaban J connectivity index is 1.91. The van der Waals surface area contributed by atoms with Crippen LogP contribution < -0.4 is 10.6 Å². The molecule has 0 aliphatic carbocycles. The molecular formula is C13H17FN2O2. The summed E-state index contributed by atoms with van der Waals surface area (Å²) >= 11 is 0. The molecule has 2 rings (SSSR count). The third-order valence-corrected chi connectivity index (χ3v) is 3.04. The SMILES string of the molecule is Cc1cccc(F)c1NC(=O)COC1(C)CNC1. The van der Waals surface area contributed by atoms with E-state index in [9.17, 15) is 9.18 Å². The van der Waals surface area contributed by atoms with Crippen molar-refractivity contribution >= 4 is 11.6 Å². The first kappa shape index (κ1) is 13.0. The zero-order chi connectivity index (χ0) is 13.2. The Labute approximate surface area is 106 Å². The van der Waals surface area contributed by atoms with Gasteiger partial charge in [0.15, 0.2) is 0 Å². The van der Waals surface area contributed by atoms with Crippen molar-refractivity contribution < 1.29 is 13.9 Å². The fourth-order valence-corrected chi connectivity index (χ4v) is 1.78. The van der Waals surface area contributed by atoms with Gasteiger partial charge in [-0.05, 0) is 25.5 Å². The fraction of sp³-hybridized carbons (Fsp3) is 0.462. The lowest BCUT2D eigenvalue weighted by molar-refractivity contribution is -0.130. The van der Waals surface area contributed by atoms with Crippen LogP contribution >= 0.6 is 0 Å². The molecule has 1 heterocycles. The topological polar surface area (TPSA) is 50.4 Å². The van der Waals surface area contributed by atoms with E-state index in [0.29, 0.717) is 5.56 Å². The summed E-state index contributed by atoms with van der Waals surface area (Å²) in [5, 5.41) is 5.62. The predicted molar refractivity (Wildman–Crippen MR) is 67.0 cm³/mol. The standard InChI is InChI=1S/C13H17FN2O2/c1-9-4-3-5-10(14)12(9)16-11(17)6-18-13(2)7-15-8-13/h3-5,15H,6-8H2,1-2H3,(H,16,17). The van der Waals surface area contributed by atoms with Gasteiger partial charge in [-0.1, -0.05) is 12.1 Å². The fourth-order valence-electron chi connectivity index (χ4n) is 1.78. The number of hydrogen-bond donors (Lipinski definition) is 2. The van der Waals surface area contributed by atoms with Crippen LogP contribution in [0, 0.1) is 12.7 Å². The van der Waals surface area contributed by atoms with E-state index in [4.69, 9.17) is 4.74 Å². The lowest BCUT2D eigenvalue weighted by atomic mass is 10.0. The van der Waals surface area contributed by atoms with Crippen molar-refractivity contribution in [2.45, 2.75) is 19.4 Å². The summed E-state index contributed by atoms with van der Waals surface area (Å²) in [5.74, 6) is -0.767. The molecule has 0 aromatic heterocycles. The number of amides is 1. The molecule has 5 heteroatoms. The first-order chi connectivity index (χ1) is 8.50. The van der Waals surface area contributed by atoms with E-state index >= 15 is 0 Å². The molecule has 1 aliphatic rings. The van der Waals surface area contributed by atoms with Crippen LogP contribution in [0.1, 0.15) is 12.5 Å². The minimum atomic E-state index is -0.431. The van der Waals surface area contributed by atoms with Gasteiger partial charge in [0.2, 0.25) is 5.91 Å². The Morgan fingerprint density at radius 2 is 2.28 bits per heavy atom. The number of carbonyl (C=O) groups excluding carboxylic acids is 1. The van der Waals surface area contributed by atoms with Gasteiger partial charge >= 0.3 is 0 Å². The Hall–Kier alpha value is -1.46. The smallest absolute Gasteiger partial charge is 0.250 e. The maximum Gasteiger partial charge on any atom is 0.250 e. The molecule has 18 heavy (non-hydrogen) atoms. The van der Waals surface area contributed by atoms with E-state index in [-0.39, 0.29) is 23.8 Å².